The summed E-state index contributed by atoms with van der Waals surface area (Å²) < 4.78 is 0. The number of hydrogen-bond donors (Lipinski definition) is 2. The molecule has 0 spiro atoms. The Morgan fingerprint density at radius 2 is 1.85 bits per heavy atom. The molecule has 3 N–H and O–H groups in total. The Morgan fingerprint density at radius 3 is 2.44 bits per heavy atom. The van der Waals surface area contributed by atoms with E-state index in [1.165, 1.54) is 0 Å². The van der Waals surface area contributed by atoms with Crippen LogP contribution in [-0.2, 0) is 16.0 Å². The van der Waals surface area contributed by atoms with Crippen LogP contribution in [0.2, 0.25) is 0 Å². The molecular weight excluding hydrogens is 340 g/mol. The zero-order chi connectivity index (χ0) is 19.3. The second kappa shape index (κ2) is 6.62. The van der Waals surface area contributed by atoms with E-state index < -0.39 is 17.4 Å². The lowest BCUT2D eigenvalue weighted by Crippen LogP contribution is -2.62. The Hall–Kier alpha value is -1.88. The first-order valence-corrected chi connectivity index (χ1v) is 10.1. The Balaban J connectivity index is 1.48. The van der Waals surface area contributed by atoms with Crippen molar-refractivity contribution in [3.8, 4) is 0 Å². The molecule has 4 aliphatic rings. The topological polar surface area (TPSA) is 83.6 Å². The molecule has 1 aromatic carbocycles. The SMILES string of the molecule is Cc1ccccc1C[C@H](N)C(=O)N(C)C1C2CC3CC1CC(C(=O)O)(C3)C2. The Morgan fingerprint density at radius 1 is 1.22 bits per heavy atom. The maximum Gasteiger partial charge on any atom is 0.309 e. The number of rotatable bonds is 5. The van der Waals surface area contributed by atoms with Crippen molar-refractivity contribution in [1.29, 1.82) is 0 Å². The minimum absolute atomic E-state index is 0.0138. The number of aliphatic carboxylic acids is 1. The van der Waals surface area contributed by atoms with Gasteiger partial charge in [-0.15, -0.1) is 0 Å². The number of likely N-dealkylation sites (N-methyl/N-ethyl adjacent to an activating group) is 1. The molecule has 4 saturated carbocycles. The summed E-state index contributed by atoms with van der Waals surface area (Å²) in [5.74, 6) is 0.462. The summed E-state index contributed by atoms with van der Waals surface area (Å²) in [6.45, 7) is 2.04. The molecule has 146 valence electrons. The average Bonchev–Trinajstić information content (AvgIpc) is 2.61. The summed E-state index contributed by atoms with van der Waals surface area (Å²) in [4.78, 5) is 26.9. The number of aryl methyl sites for hydroxylation is 1. The molecule has 5 heteroatoms. The first-order chi connectivity index (χ1) is 12.8. The van der Waals surface area contributed by atoms with Gasteiger partial charge in [0, 0.05) is 13.1 Å². The van der Waals surface area contributed by atoms with E-state index in [0.29, 0.717) is 37.0 Å². The van der Waals surface area contributed by atoms with Crippen molar-refractivity contribution in [2.24, 2.45) is 28.9 Å². The quantitative estimate of drug-likeness (QED) is 0.834. The highest BCUT2D eigenvalue weighted by Gasteiger charge is 2.59. The van der Waals surface area contributed by atoms with E-state index in [2.05, 4.69) is 0 Å². The van der Waals surface area contributed by atoms with Gasteiger partial charge in [-0.05, 0) is 74.3 Å². The smallest absolute Gasteiger partial charge is 0.309 e. The molecule has 4 aliphatic carbocycles. The van der Waals surface area contributed by atoms with Crippen molar-refractivity contribution in [2.75, 3.05) is 7.05 Å². The van der Waals surface area contributed by atoms with Crippen molar-refractivity contribution in [2.45, 2.75) is 57.5 Å². The minimum atomic E-state index is -0.634. The van der Waals surface area contributed by atoms with Crippen molar-refractivity contribution >= 4 is 11.9 Å². The van der Waals surface area contributed by atoms with Crippen LogP contribution in [0.3, 0.4) is 0 Å². The van der Waals surface area contributed by atoms with Gasteiger partial charge in [-0.1, -0.05) is 24.3 Å². The molecule has 1 aromatic rings. The monoisotopic (exact) mass is 370 g/mol. The molecule has 2 unspecified atom stereocenters. The number of nitrogens with two attached hydrogens (primary N) is 1. The van der Waals surface area contributed by atoms with Gasteiger partial charge in [0.1, 0.15) is 0 Å². The van der Waals surface area contributed by atoms with Crippen LogP contribution in [0.1, 0.15) is 43.2 Å². The molecule has 27 heavy (non-hydrogen) atoms. The summed E-state index contributed by atoms with van der Waals surface area (Å²) >= 11 is 0. The van der Waals surface area contributed by atoms with Crippen LogP contribution in [-0.4, -0.2) is 41.0 Å². The first-order valence-electron chi connectivity index (χ1n) is 10.1. The van der Waals surface area contributed by atoms with Gasteiger partial charge in [0.25, 0.3) is 0 Å². The summed E-state index contributed by atoms with van der Waals surface area (Å²) in [5, 5.41) is 9.79. The summed E-state index contributed by atoms with van der Waals surface area (Å²) in [6, 6.07) is 7.63. The predicted molar refractivity (Wildman–Crippen MR) is 103 cm³/mol. The molecule has 0 heterocycles. The lowest BCUT2D eigenvalue weighted by molar-refractivity contribution is -0.174. The van der Waals surface area contributed by atoms with E-state index >= 15 is 0 Å². The maximum absolute atomic E-state index is 13.1. The number of amides is 1. The fraction of sp³-hybridized carbons (Fsp3) is 0.636. The van der Waals surface area contributed by atoms with Crippen molar-refractivity contribution in [3.63, 3.8) is 0 Å². The van der Waals surface area contributed by atoms with Crippen LogP contribution in [0.15, 0.2) is 24.3 Å². The van der Waals surface area contributed by atoms with Gasteiger partial charge in [0.2, 0.25) is 5.91 Å². The number of nitrogens with zero attached hydrogens (tertiary/aromatic N) is 1. The fourth-order valence-corrected chi connectivity index (χ4v) is 6.46. The van der Waals surface area contributed by atoms with Crippen molar-refractivity contribution < 1.29 is 14.7 Å². The zero-order valence-corrected chi connectivity index (χ0v) is 16.2. The van der Waals surface area contributed by atoms with Gasteiger partial charge in [-0.2, -0.15) is 0 Å². The molecule has 4 bridgehead atoms. The molecule has 5 rings (SSSR count). The third kappa shape index (κ3) is 3.06. The Bertz CT molecular complexity index is 746. The van der Waals surface area contributed by atoms with Gasteiger partial charge in [0.15, 0.2) is 0 Å². The van der Waals surface area contributed by atoms with Gasteiger partial charge >= 0.3 is 5.97 Å². The van der Waals surface area contributed by atoms with Crippen LogP contribution >= 0.6 is 0 Å². The second-order valence-electron chi connectivity index (χ2n) is 9.23. The number of carbonyl (C=O) groups is 2. The van der Waals surface area contributed by atoms with Gasteiger partial charge < -0.3 is 15.7 Å². The highest BCUT2D eigenvalue weighted by molar-refractivity contribution is 5.82. The summed E-state index contributed by atoms with van der Waals surface area (Å²) in [5.41, 5.74) is 8.03. The fourth-order valence-electron chi connectivity index (χ4n) is 6.46. The van der Waals surface area contributed by atoms with Gasteiger partial charge in [0.05, 0.1) is 11.5 Å². The minimum Gasteiger partial charge on any atom is -0.481 e. The standard InChI is InChI=1S/C22H30N2O3/c1-13-5-3-4-6-15(13)9-18(23)20(25)24(2)19-16-7-14-8-17(19)12-22(10-14,11-16)21(26)27/h3-6,14,16-19H,7-12,23H2,1-2H3,(H,26,27)/t14?,16?,17?,18-,19?,22?/m0/s1. The number of carboxylic acid groups (broad SMARTS) is 1. The molecule has 0 aliphatic heterocycles. The number of benzene rings is 1. The van der Waals surface area contributed by atoms with E-state index in [0.717, 1.165) is 30.4 Å². The molecule has 4 fully saturated rings. The van der Waals surface area contributed by atoms with Crippen molar-refractivity contribution in [3.05, 3.63) is 35.4 Å². The second-order valence-corrected chi connectivity index (χ2v) is 9.23. The van der Waals surface area contributed by atoms with Crippen LogP contribution < -0.4 is 5.73 Å². The van der Waals surface area contributed by atoms with E-state index in [4.69, 9.17) is 5.73 Å². The lowest BCUT2D eigenvalue weighted by atomic mass is 9.47. The molecule has 0 saturated heterocycles. The largest absolute Gasteiger partial charge is 0.481 e. The number of carbonyl (C=O) groups excluding carboxylic acids is 1. The third-order valence-electron chi connectivity index (χ3n) is 7.49. The highest BCUT2D eigenvalue weighted by Crippen LogP contribution is 2.61. The Labute approximate surface area is 160 Å². The molecule has 1 amide bonds. The van der Waals surface area contributed by atoms with Crippen LogP contribution in [0.25, 0.3) is 0 Å². The zero-order valence-electron chi connectivity index (χ0n) is 16.2. The highest BCUT2D eigenvalue weighted by atomic mass is 16.4. The molecule has 0 aromatic heterocycles. The lowest BCUT2D eigenvalue weighted by Gasteiger charge is -2.60. The normalized spacial score (nSPS) is 35.1. The number of carboxylic acids is 1. The molecule has 3 atom stereocenters. The van der Waals surface area contributed by atoms with E-state index in [1.807, 2.05) is 43.1 Å². The van der Waals surface area contributed by atoms with Crippen LogP contribution in [0, 0.1) is 30.1 Å². The summed E-state index contributed by atoms with van der Waals surface area (Å²) in [6.07, 6.45) is 4.91. The molecule has 5 nitrogen and oxygen atoms in total. The first kappa shape index (κ1) is 18.5. The molecular formula is C22H30N2O3. The van der Waals surface area contributed by atoms with Gasteiger partial charge in [-0.25, -0.2) is 0 Å². The van der Waals surface area contributed by atoms with E-state index in [-0.39, 0.29) is 11.9 Å². The third-order valence-corrected chi connectivity index (χ3v) is 7.49. The van der Waals surface area contributed by atoms with Crippen molar-refractivity contribution in [1.82, 2.24) is 4.90 Å². The average molecular weight is 370 g/mol. The predicted octanol–water partition coefficient (Wildman–Crippen LogP) is 2.60. The maximum atomic E-state index is 13.1. The van der Waals surface area contributed by atoms with E-state index in [1.54, 1.807) is 0 Å². The van der Waals surface area contributed by atoms with E-state index in [9.17, 15) is 14.7 Å². The molecule has 0 radical (unpaired) electrons. The number of hydrogen-bond acceptors (Lipinski definition) is 3. The van der Waals surface area contributed by atoms with Crippen LogP contribution in [0.5, 0.6) is 0 Å². The summed E-state index contributed by atoms with van der Waals surface area (Å²) in [7, 11) is 1.88. The Kier molecular flexibility index (Phi) is 4.53. The van der Waals surface area contributed by atoms with Gasteiger partial charge in [-0.3, -0.25) is 9.59 Å². The van der Waals surface area contributed by atoms with Crippen LogP contribution in [0.4, 0.5) is 0 Å².